The average Bonchev–Trinajstić information content (AvgIpc) is 3.31. The highest BCUT2D eigenvalue weighted by Crippen LogP contribution is 2.32. The molecule has 3 rings (SSSR count). The first-order valence-electron chi connectivity index (χ1n) is 8.95. The topological polar surface area (TPSA) is 33.7 Å². The fourth-order valence-electron chi connectivity index (χ4n) is 3.88. The molecule has 0 aromatic heterocycles. The van der Waals surface area contributed by atoms with Gasteiger partial charge in [-0.15, -0.1) is 0 Å². The Hall–Kier alpha value is -0.160. The zero-order valence-electron chi connectivity index (χ0n) is 13.6. The molecule has 2 unspecified atom stereocenters. The predicted molar refractivity (Wildman–Crippen MR) is 84.6 cm³/mol. The quantitative estimate of drug-likeness (QED) is 0.779. The molecule has 0 spiro atoms. The Labute approximate surface area is 129 Å². The Morgan fingerprint density at radius 2 is 2.19 bits per heavy atom. The van der Waals surface area contributed by atoms with E-state index in [1.165, 1.54) is 51.6 Å². The van der Waals surface area contributed by atoms with E-state index in [9.17, 15) is 0 Å². The Morgan fingerprint density at radius 3 is 2.90 bits per heavy atom. The molecule has 0 aromatic rings. The second kappa shape index (κ2) is 7.40. The summed E-state index contributed by atoms with van der Waals surface area (Å²) in [5.74, 6) is 0. The van der Waals surface area contributed by atoms with Crippen molar-refractivity contribution in [1.82, 2.24) is 10.2 Å². The minimum absolute atomic E-state index is 0.328. The van der Waals surface area contributed by atoms with Gasteiger partial charge in [-0.25, -0.2) is 0 Å². The molecule has 0 radical (unpaired) electrons. The van der Waals surface area contributed by atoms with E-state index in [4.69, 9.17) is 9.47 Å². The van der Waals surface area contributed by atoms with E-state index in [1.54, 1.807) is 0 Å². The Bertz CT molecular complexity index is 312. The maximum Gasteiger partial charge on any atom is 0.0702 e. The van der Waals surface area contributed by atoms with Crippen LogP contribution < -0.4 is 5.32 Å². The Morgan fingerprint density at radius 1 is 1.29 bits per heavy atom. The zero-order chi connectivity index (χ0) is 14.5. The smallest absolute Gasteiger partial charge is 0.0702 e. The number of hydrogen-bond donors (Lipinski definition) is 1. The van der Waals surface area contributed by atoms with Crippen LogP contribution in [0, 0.1) is 5.41 Å². The molecule has 4 nitrogen and oxygen atoms in total. The van der Waals surface area contributed by atoms with Gasteiger partial charge in [-0.1, -0.05) is 0 Å². The highest BCUT2D eigenvalue weighted by Gasteiger charge is 2.37. The zero-order valence-corrected chi connectivity index (χ0v) is 13.6. The van der Waals surface area contributed by atoms with Crippen LogP contribution >= 0.6 is 0 Å². The van der Waals surface area contributed by atoms with E-state index in [0.29, 0.717) is 11.5 Å². The summed E-state index contributed by atoms with van der Waals surface area (Å²) in [6.07, 6.45) is 8.21. The van der Waals surface area contributed by atoms with Crippen LogP contribution in [0.2, 0.25) is 0 Å². The van der Waals surface area contributed by atoms with Crippen LogP contribution in [0.15, 0.2) is 0 Å². The van der Waals surface area contributed by atoms with Gasteiger partial charge in [-0.3, -0.25) is 0 Å². The largest absolute Gasteiger partial charge is 0.381 e. The lowest BCUT2D eigenvalue weighted by molar-refractivity contribution is -0.0490. The van der Waals surface area contributed by atoms with E-state index in [-0.39, 0.29) is 0 Å². The van der Waals surface area contributed by atoms with Crippen molar-refractivity contribution in [2.75, 3.05) is 46.0 Å². The molecule has 1 saturated carbocycles. The molecule has 0 amide bonds. The van der Waals surface area contributed by atoms with Crippen molar-refractivity contribution in [3.8, 4) is 0 Å². The molecule has 0 aromatic carbocycles. The minimum atomic E-state index is 0.328. The third-order valence-corrected chi connectivity index (χ3v) is 5.17. The molecule has 1 N–H and O–H groups in total. The highest BCUT2D eigenvalue weighted by atomic mass is 16.5. The standard InChI is InChI=1S/C17H32N2O2/c1-2-21-16-5-3-9-19(11-16)13-17(8-4-10-20-14-17)12-18-15-6-7-15/h15-16,18H,2-14H2,1H3. The fraction of sp³-hybridized carbons (Fsp3) is 1.00. The van der Waals surface area contributed by atoms with Gasteiger partial charge in [0.25, 0.3) is 0 Å². The molecular weight excluding hydrogens is 264 g/mol. The van der Waals surface area contributed by atoms with Crippen molar-refractivity contribution < 1.29 is 9.47 Å². The van der Waals surface area contributed by atoms with Crippen molar-refractivity contribution in [1.29, 1.82) is 0 Å². The summed E-state index contributed by atoms with van der Waals surface area (Å²) in [6.45, 7) is 9.48. The Balaban J connectivity index is 1.54. The predicted octanol–water partition coefficient (Wildman–Crippen LogP) is 2.04. The van der Waals surface area contributed by atoms with Crippen LogP contribution in [-0.2, 0) is 9.47 Å². The first-order valence-corrected chi connectivity index (χ1v) is 8.95. The van der Waals surface area contributed by atoms with Crippen LogP contribution in [0.3, 0.4) is 0 Å². The maximum absolute atomic E-state index is 5.86. The second-order valence-corrected chi connectivity index (χ2v) is 7.27. The molecule has 3 fully saturated rings. The summed E-state index contributed by atoms with van der Waals surface area (Å²) in [5, 5.41) is 3.76. The summed E-state index contributed by atoms with van der Waals surface area (Å²) in [4.78, 5) is 2.63. The molecule has 2 aliphatic heterocycles. The minimum Gasteiger partial charge on any atom is -0.381 e. The second-order valence-electron chi connectivity index (χ2n) is 7.27. The van der Waals surface area contributed by atoms with Gasteiger partial charge < -0.3 is 19.7 Å². The summed E-state index contributed by atoms with van der Waals surface area (Å²) in [7, 11) is 0. The van der Waals surface area contributed by atoms with Crippen molar-refractivity contribution in [2.45, 2.75) is 57.6 Å². The average molecular weight is 296 g/mol. The van der Waals surface area contributed by atoms with Gasteiger partial charge in [-0.2, -0.15) is 0 Å². The Kier molecular flexibility index (Phi) is 5.54. The van der Waals surface area contributed by atoms with Crippen LogP contribution in [0.4, 0.5) is 0 Å². The third kappa shape index (κ3) is 4.65. The first kappa shape index (κ1) is 15.7. The first-order chi connectivity index (χ1) is 10.3. The van der Waals surface area contributed by atoms with Crippen molar-refractivity contribution >= 4 is 0 Å². The fourth-order valence-corrected chi connectivity index (χ4v) is 3.88. The van der Waals surface area contributed by atoms with Gasteiger partial charge in [0.15, 0.2) is 0 Å². The van der Waals surface area contributed by atoms with Crippen molar-refractivity contribution in [3.05, 3.63) is 0 Å². The molecule has 2 saturated heterocycles. The number of nitrogens with zero attached hydrogens (tertiary/aromatic N) is 1. The van der Waals surface area contributed by atoms with E-state index in [2.05, 4.69) is 17.1 Å². The molecule has 122 valence electrons. The summed E-state index contributed by atoms with van der Waals surface area (Å²) in [5.41, 5.74) is 0.328. The van der Waals surface area contributed by atoms with Crippen LogP contribution in [0.25, 0.3) is 0 Å². The van der Waals surface area contributed by atoms with E-state index in [1.807, 2.05) is 0 Å². The van der Waals surface area contributed by atoms with E-state index >= 15 is 0 Å². The number of ether oxygens (including phenoxy) is 2. The molecule has 1 aliphatic carbocycles. The summed E-state index contributed by atoms with van der Waals surface area (Å²) >= 11 is 0. The molecular formula is C17H32N2O2. The number of rotatable bonds is 7. The summed E-state index contributed by atoms with van der Waals surface area (Å²) in [6, 6.07) is 0.793. The molecule has 2 atom stereocenters. The van der Waals surface area contributed by atoms with Gasteiger partial charge in [0.1, 0.15) is 0 Å². The molecule has 2 heterocycles. The van der Waals surface area contributed by atoms with Crippen molar-refractivity contribution in [2.24, 2.45) is 5.41 Å². The van der Waals surface area contributed by atoms with Crippen molar-refractivity contribution in [3.63, 3.8) is 0 Å². The lowest BCUT2D eigenvalue weighted by atomic mass is 9.81. The SMILES string of the molecule is CCOC1CCCN(CC2(CNC3CC3)CCCOC2)C1. The number of likely N-dealkylation sites (tertiary alicyclic amines) is 1. The van der Waals surface area contributed by atoms with Gasteiger partial charge in [-0.05, 0) is 52.0 Å². The van der Waals surface area contributed by atoms with Crippen LogP contribution in [0.1, 0.15) is 45.4 Å². The molecule has 21 heavy (non-hydrogen) atoms. The molecule has 3 aliphatic rings. The van der Waals surface area contributed by atoms with Crippen LogP contribution in [-0.4, -0.2) is 63.0 Å². The van der Waals surface area contributed by atoms with Gasteiger partial charge in [0, 0.05) is 44.3 Å². The number of nitrogens with one attached hydrogen (secondary N) is 1. The van der Waals surface area contributed by atoms with Gasteiger partial charge in [0.05, 0.1) is 12.7 Å². The number of piperidine rings is 1. The lowest BCUT2D eigenvalue weighted by Gasteiger charge is -2.43. The normalized spacial score (nSPS) is 35.0. The number of hydrogen-bond acceptors (Lipinski definition) is 4. The highest BCUT2D eigenvalue weighted by molar-refractivity contribution is 4.92. The summed E-state index contributed by atoms with van der Waals surface area (Å²) < 4.78 is 11.7. The van der Waals surface area contributed by atoms with E-state index in [0.717, 1.165) is 39.0 Å². The van der Waals surface area contributed by atoms with Gasteiger partial charge >= 0.3 is 0 Å². The monoisotopic (exact) mass is 296 g/mol. The van der Waals surface area contributed by atoms with E-state index < -0.39 is 0 Å². The third-order valence-electron chi connectivity index (χ3n) is 5.17. The van der Waals surface area contributed by atoms with Crippen LogP contribution in [0.5, 0.6) is 0 Å². The van der Waals surface area contributed by atoms with Gasteiger partial charge in [0.2, 0.25) is 0 Å². The molecule has 4 heteroatoms. The maximum atomic E-state index is 5.86. The lowest BCUT2D eigenvalue weighted by Crippen LogP contribution is -2.52. The molecule has 0 bridgehead atoms.